The standard InChI is InChI=1S/C21H20FN5O4S3/c22-16-5-1-2-6-17(16)23-18(28)13-32-21-26-25-20(33-21)24-19(29)14-7-9-15(10-8-14)34(30,31)27-11-3-4-12-27/h1-2,5-10H,3-4,11-13H2,(H,23,28)(H,24,25,29). The minimum absolute atomic E-state index is 0.0101. The van der Waals surface area contributed by atoms with Crippen LogP contribution in [-0.4, -0.2) is 53.6 Å². The van der Waals surface area contributed by atoms with Crippen LogP contribution in [0.4, 0.5) is 15.2 Å². The molecule has 0 radical (unpaired) electrons. The molecule has 2 amide bonds. The van der Waals surface area contributed by atoms with Crippen LogP contribution in [0.15, 0.2) is 57.8 Å². The summed E-state index contributed by atoms with van der Waals surface area (Å²) in [5, 5.41) is 13.1. The zero-order valence-corrected chi connectivity index (χ0v) is 20.2. The molecule has 0 bridgehead atoms. The highest BCUT2D eigenvalue weighted by Gasteiger charge is 2.27. The van der Waals surface area contributed by atoms with Crippen LogP contribution in [0.3, 0.4) is 0 Å². The molecule has 34 heavy (non-hydrogen) atoms. The number of carbonyl (C=O) groups excluding carboxylic acids is 2. The first-order valence-corrected chi connectivity index (χ1v) is 13.5. The summed E-state index contributed by atoms with van der Waals surface area (Å²) in [4.78, 5) is 24.7. The molecule has 9 nitrogen and oxygen atoms in total. The van der Waals surface area contributed by atoms with Gasteiger partial charge in [-0.1, -0.05) is 35.2 Å². The van der Waals surface area contributed by atoms with Crippen LogP contribution in [0.1, 0.15) is 23.2 Å². The Balaban J connectivity index is 1.31. The second-order valence-corrected chi connectivity index (χ2v) is 11.4. The van der Waals surface area contributed by atoms with Crippen LogP contribution in [0, 0.1) is 5.82 Å². The number of amides is 2. The predicted molar refractivity (Wildman–Crippen MR) is 128 cm³/mol. The first-order chi connectivity index (χ1) is 16.3. The molecule has 1 fully saturated rings. The Labute approximate surface area is 203 Å². The van der Waals surface area contributed by atoms with Gasteiger partial charge in [-0.05, 0) is 49.2 Å². The number of anilines is 2. The molecule has 13 heteroatoms. The summed E-state index contributed by atoms with van der Waals surface area (Å²) >= 11 is 2.19. The summed E-state index contributed by atoms with van der Waals surface area (Å²) < 4.78 is 40.7. The normalized spacial score (nSPS) is 14.1. The minimum atomic E-state index is -3.55. The van der Waals surface area contributed by atoms with Crippen LogP contribution < -0.4 is 10.6 Å². The van der Waals surface area contributed by atoms with Crippen LogP contribution in [0.25, 0.3) is 0 Å². The van der Waals surface area contributed by atoms with Gasteiger partial charge in [-0.3, -0.25) is 14.9 Å². The molecule has 2 N–H and O–H groups in total. The summed E-state index contributed by atoms with van der Waals surface area (Å²) in [6, 6.07) is 11.6. The van der Waals surface area contributed by atoms with Gasteiger partial charge in [0.1, 0.15) is 5.82 Å². The van der Waals surface area contributed by atoms with E-state index in [0.29, 0.717) is 17.4 Å². The first kappa shape index (κ1) is 24.3. The fourth-order valence-corrected chi connectivity index (χ4v) is 6.28. The summed E-state index contributed by atoms with van der Waals surface area (Å²) in [5.74, 6) is -1.40. The molecule has 1 saturated heterocycles. The lowest BCUT2D eigenvalue weighted by atomic mass is 10.2. The van der Waals surface area contributed by atoms with E-state index >= 15 is 0 Å². The Morgan fingerprint density at radius 2 is 1.74 bits per heavy atom. The molecular weight excluding hydrogens is 501 g/mol. The van der Waals surface area contributed by atoms with Crippen molar-refractivity contribution in [3.63, 3.8) is 0 Å². The van der Waals surface area contributed by atoms with E-state index < -0.39 is 27.7 Å². The van der Waals surface area contributed by atoms with E-state index in [1.807, 2.05) is 0 Å². The number of aromatic nitrogens is 2. The van der Waals surface area contributed by atoms with E-state index in [0.717, 1.165) is 35.9 Å². The van der Waals surface area contributed by atoms with Crippen molar-refractivity contribution in [2.24, 2.45) is 0 Å². The van der Waals surface area contributed by atoms with Gasteiger partial charge in [0.25, 0.3) is 5.91 Å². The Kier molecular flexibility index (Phi) is 7.56. The molecule has 0 atom stereocenters. The molecular formula is C21H20FN5O4S3. The minimum Gasteiger partial charge on any atom is -0.323 e. The van der Waals surface area contributed by atoms with Crippen molar-refractivity contribution in [2.45, 2.75) is 22.1 Å². The quantitative estimate of drug-likeness (QED) is 0.344. The molecule has 2 aromatic carbocycles. The number of carbonyl (C=O) groups is 2. The lowest BCUT2D eigenvalue weighted by Gasteiger charge is -2.15. The third kappa shape index (κ3) is 5.78. The van der Waals surface area contributed by atoms with Crippen molar-refractivity contribution < 1.29 is 22.4 Å². The fourth-order valence-electron chi connectivity index (χ4n) is 3.22. The summed E-state index contributed by atoms with van der Waals surface area (Å²) in [6.45, 7) is 1.01. The van der Waals surface area contributed by atoms with Crippen LogP contribution in [0.5, 0.6) is 0 Å². The first-order valence-electron chi connectivity index (χ1n) is 10.3. The van der Waals surface area contributed by atoms with Gasteiger partial charge in [0, 0.05) is 18.7 Å². The van der Waals surface area contributed by atoms with Gasteiger partial charge in [-0.25, -0.2) is 12.8 Å². The van der Waals surface area contributed by atoms with Crippen LogP contribution in [-0.2, 0) is 14.8 Å². The summed E-state index contributed by atoms with van der Waals surface area (Å²) in [5.41, 5.74) is 0.367. The number of benzene rings is 2. The molecule has 1 aliphatic rings. The van der Waals surface area contributed by atoms with Gasteiger partial charge >= 0.3 is 0 Å². The van der Waals surface area contributed by atoms with E-state index in [1.54, 1.807) is 6.07 Å². The summed E-state index contributed by atoms with van der Waals surface area (Å²) in [7, 11) is -3.55. The smallest absolute Gasteiger partial charge is 0.257 e. The van der Waals surface area contributed by atoms with Crippen molar-refractivity contribution in [3.8, 4) is 0 Å². The molecule has 4 rings (SSSR count). The molecule has 2 heterocycles. The second kappa shape index (κ2) is 10.6. The van der Waals surface area contributed by atoms with E-state index in [4.69, 9.17) is 0 Å². The van der Waals surface area contributed by atoms with Gasteiger partial charge in [0.2, 0.25) is 21.1 Å². The molecule has 1 aromatic heterocycles. The molecule has 0 spiro atoms. The van der Waals surface area contributed by atoms with Crippen molar-refractivity contribution in [1.29, 1.82) is 0 Å². The van der Waals surface area contributed by atoms with Crippen molar-refractivity contribution in [2.75, 3.05) is 29.5 Å². The number of nitrogens with one attached hydrogen (secondary N) is 2. The number of sulfonamides is 1. The van der Waals surface area contributed by atoms with Gasteiger partial charge in [0.05, 0.1) is 16.3 Å². The highest BCUT2D eigenvalue weighted by molar-refractivity contribution is 8.01. The average Bonchev–Trinajstić information content (AvgIpc) is 3.52. The fraction of sp³-hybridized carbons (Fsp3) is 0.238. The zero-order chi connectivity index (χ0) is 24.1. The molecule has 0 unspecified atom stereocenters. The van der Waals surface area contributed by atoms with E-state index in [2.05, 4.69) is 20.8 Å². The van der Waals surface area contributed by atoms with Crippen LogP contribution >= 0.6 is 23.1 Å². The maximum atomic E-state index is 13.6. The van der Waals surface area contributed by atoms with Gasteiger partial charge in [0.15, 0.2) is 4.34 Å². The number of halogens is 1. The third-order valence-corrected chi connectivity index (χ3v) is 8.81. The number of nitrogens with zero attached hydrogens (tertiary/aromatic N) is 3. The Hall–Kier alpha value is -2.87. The molecule has 0 saturated carbocycles. The topological polar surface area (TPSA) is 121 Å². The van der Waals surface area contributed by atoms with Crippen LogP contribution in [0.2, 0.25) is 0 Å². The average molecular weight is 522 g/mol. The van der Waals surface area contributed by atoms with Crippen molar-refractivity contribution >= 4 is 55.8 Å². The highest BCUT2D eigenvalue weighted by atomic mass is 32.2. The number of rotatable bonds is 8. The number of thioether (sulfide) groups is 1. The Bertz CT molecular complexity index is 1290. The van der Waals surface area contributed by atoms with Gasteiger partial charge < -0.3 is 5.32 Å². The van der Waals surface area contributed by atoms with E-state index in [9.17, 15) is 22.4 Å². The molecule has 3 aromatic rings. The van der Waals surface area contributed by atoms with Crippen molar-refractivity contribution in [3.05, 3.63) is 59.9 Å². The Morgan fingerprint density at radius 1 is 1.03 bits per heavy atom. The second-order valence-electron chi connectivity index (χ2n) is 7.28. The van der Waals surface area contributed by atoms with Gasteiger partial charge in [-0.2, -0.15) is 4.31 Å². The lowest BCUT2D eigenvalue weighted by molar-refractivity contribution is -0.113. The third-order valence-electron chi connectivity index (χ3n) is 4.92. The maximum Gasteiger partial charge on any atom is 0.257 e. The number of hydrogen-bond donors (Lipinski definition) is 2. The largest absolute Gasteiger partial charge is 0.323 e. The van der Waals surface area contributed by atoms with E-state index in [-0.39, 0.29) is 27.0 Å². The highest BCUT2D eigenvalue weighted by Crippen LogP contribution is 2.26. The summed E-state index contributed by atoms with van der Waals surface area (Å²) in [6.07, 6.45) is 1.69. The van der Waals surface area contributed by atoms with Gasteiger partial charge in [-0.15, -0.1) is 10.2 Å². The Morgan fingerprint density at radius 3 is 2.44 bits per heavy atom. The zero-order valence-electron chi connectivity index (χ0n) is 17.7. The number of hydrogen-bond acceptors (Lipinski definition) is 8. The molecule has 1 aliphatic heterocycles. The number of para-hydroxylation sites is 1. The lowest BCUT2D eigenvalue weighted by Crippen LogP contribution is -2.27. The SMILES string of the molecule is O=C(CSc1nnc(NC(=O)c2ccc(S(=O)(=O)N3CCCC3)cc2)s1)Nc1ccccc1F. The van der Waals surface area contributed by atoms with E-state index in [1.165, 1.54) is 46.8 Å². The molecule has 0 aliphatic carbocycles. The monoisotopic (exact) mass is 521 g/mol. The predicted octanol–water partition coefficient (Wildman–Crippen LogP) is 3.44. The maximum absolute atomic E-state index is 13.6. The van der Waals surface area contributed by atoms with Crippen molar-refractivity contribution in [1.82, 2.24) is 14.5 Å². The molecule has 178 valence electrons.